The van der Waals surface area contributed by atoms with Crippen LogP contribution in [0.3, 0.4) is 0 Å². The Labute approximate surface area is 180 Å². The van der Waals surface area contributed by atoms with Gasteiger partial charge in [-0.15, -0.1) is 0 Å². The van der Waals surface area contributed by atoms with Crippen LogP contribution in [-0.2, 0) is 0 Å². The molecular weight excluding hydrogens is 394 g/mol. The number of pyridine rings is 2. The highest BCUT2D eigenvalue weighted by molar-refractivity contribution is 5.95. The van der Waals surface area contributed by atoms with Crippen molar-refractivity contribution in [3.05, 3.63) is 65.9 Å². The van der Waals surface area contributed by atoms with E-state index in [-0.39, 0.29) is 11.8 Å². The smallest absolute Gasteiger partial charge is 0.258 e. The summed E-state index contributed by atoms with van der Waals surface area (Å²) in [6.07, 6.45) is 4.10. The number of amides is 1. The molecular formula is C23H25N5O3. The molecule has 0 aliphatic carbocycles. The molecule has 0 atom stereocenters. The summed E-state index contributed by atoms with van der Waals surface area (Å²) in [5.41, 5.74) is 3.33. The Morgan fingerprint density at radius 2 is 2.06 bits per heavy atom. The molecule has 0 radical (unpaired) electrons. The Hall–Kier alpha value is -3.68. The molecule has 2 aromatic rings. The third-order valence-electron chi connectivity index (χ3n) is 5.39. The summed E-state index contributed by atoms with van der Waals surface area (Å²) in [7, 11) is 1.64. The molecule has 0 saturated carbocycles. The van der Waals surface area contributed by atoms with E-state index in [4.69, 9.17) is 4.74 Å². The average Bonchev–Trinajstić information content (AvgIpc) is 3.23. The minimum absolute atomic E-state index is 0.0687. The predicted octanol–water partition coefficient (Wildman–Crippen LogP) is 2.56. The number of nitrogens with zero attached hydrogens (tertiary/aromatic N) is 5. The van der Waals surface area contributed by atoms with Crippen molar-refractivity contribution in [2.24, 2.45) is 4.99 Å². The van der Waals surface area contributed by atoms with Gasteiger partial charge in [-0.1, -0.05) is 18.7 Å². The van der Waals surface area contributed by atoms with E-state index >= 15 is 0 Å². The number of anilines is 2. The number of carbonyl (C=O) groups excluding carboxylic acids is 2. The van der Waals surface area contributed by atoms with E-state index in [1.807, 2.05) is 17.0 Å². The van der Waals surface area contributed by atoms with Gasteiger partial charge in [0.25, 0.3) is 11.8 Å². The van der Waals surface area contributed by atoms with Crippen molar-refractivity contribution in [1.29, 1.82) is 0 Å². The van der Waals surface area contributed by atoms with E-state index in [1.165, 1.54) is 4.57 Å². The minimum atomic E-state index is -0.208. The van der Waals surface area contributed by atoms with Gasteiger partial charge in [0.2, 0.25) is 0 Å². The number of carbonyl (C=O) groups is 2. The van der Waals surface area contributed by atoms with Gasteiger partial charge in [-0.25, -0.2) is 4.98 Å². The predicted molar refractivity (Wildman–Crippen MR) is 118 cm³/mol. The normalized spacial score (nSPS) is 16.2. The Kier molecular flexibility index (Phi) is 5.46. The molecule has 1 saturated heterocycles. The molecule has 8 nitrogen and oxygen atoms in total. The first-order valence-electron chi connectivity index (χ1n) is 10.1. The minimum Gasteiger partial charge on any atom is -0.488 e. The van der Waals surface area contributed by atoms with Crippen LogP contribution in [0.4, 0.5) is 11.5 Å². The van der Waals surface area contributed by atoms with Crippen LogP contribution in [0.15, 0.2) is 59.9 Å². The van der Waals surface area contributed by atoms with Gasteiger partial charge in [-0.05, 0) is 25.5 Å². The lowest BCUT2D eigenvalue weighted by molar-refractivity contribution is 0.0795. The summed E-state index contributed by atoms with van der Waals surface area (Å²) in [4.78, 5) is 37.7. The molecule has 0 aromatic carbocycles. The topological polar surface area (TPSA) is 80.0 Å². The van der Waals surface area contributed by atoms with Gasteiger partial charge in [0.1, 0.15) is 12.1 Å². The number of likely N-dealkylation sites (tertiary alicyclic amines) is 1. The van der Waals surface area contributed by atoms with Crippen molar-refractivity contribution in [2.75, 3.05) is 38.2 Å². The molecule has 0 unspecified atom stereocenters. The van der Waals surface area contributed by atoms with Crippen molar-refractivity contribution < 1.29 is 14.3 Å². The third-order valence-corrected chi connectivity index (χ3v) is 5.39. The van der Waals surface area contributed by atoms with Gasteiger partial charge in [-0.2, -0.15) is 0 Å². The van der Waals surface area contributed by atoms with Crippen LogP contribution in [0.25, 0.3) is 0 Å². The fourth-order valence-corrected chi connectivity index (χ4v) is 3.74. The number of aromatic nitrogens is 2. The van der Waals surface area contributed by atoms with Gasteiger partial charge in [0.05, 0.1) is 12.1 Å². The quantitative estimate of drug-likeness (QED) is 0.564. The maximum atomic E-state index is 12.8. The molecule has 4 rings (SSSR count). The summed E-state index contributed by atoms with van der Waals surface area (Å²) in [5.74, 6) is 0.903. The second-order valence-corrected chi connectivity index (χ2v) is 7.69. The molecule has 2 aromatic heterocycles. The monoisotopic (exact) mass is 419 g/mol. The van der Waals surface area contributed by atoms with Crippen molar-refractivity contribution in [3.63, 3.8) is 0 Å². The highest BCUT2D eigenvalue weighted by atomic mass is 16.5. The molecule has 31 heavy (non-hydrogen) atoms. The fraction of sp³-hybridized carbons (Fsp3) is 0.304. The number of allylic oxidation sites excluding steroid dienone is 1. The number of ether oxygens (including phenoxy) is 1. The molecule has 2 aliphatic rings. The molecule has 1 fully saturated rings. The SMILES string of the molecule is C=C1CCN(C(=O)c2cnc3c(c2)OCCN3c2ccn(C(=O)C(=C)C)c(=NC)c2)C1. The Morgan fingerprint density at radius 1 is 1.26 bits per heavy atom. The zero-order chi connectivity index (χ0) is 22.1. The van der Waals surface area contributed by atoms with E-state index in [2.05, 4.69) is 23.1 Å². The number of rotatable bonds is 3. The zero-order valence-electron chi connectivity index (χ0n) is 17.8. The van der Waals surface area contributed by atoms with E-state index in [9.17, 15) is 9.59 Å². The summed E-state index contributed by atoms with van der Waals surface area (Å²) >= 11 is 0. The van der Waals surface area contributed by atoms with E-state index in [1.54, 1.807) is 37.3 Å². The molecule has 8 heteroatoms. The molecule has 0 bridgehead atoms. The Bertz CT molecular complexity index is 1160. The Morgan fingerprint density at radius 3 is 2.74 bits per heavy atom. The summed E-state index contributed by atoms with van der Waals surface area (Å²) in [6.45, 7) is 11.6. The summed E-state index contributed by atoms with van der Waals surface area (Å²) in [5, 5.41) is 0. The maximum absolute atomic E-state index is 12.8. The highest BCUT2D eigenvalue weighted by Crippen LogP contribution is 2.35. The van der Waals surface area contributed by atoms with Gasteiger partial charge in [0.15, 0.2) is 11.6 Å². The zero-order valence-corrected chi connectivity index (χ0v) is 17.8. The average molecular weight is 419 g/mol. The largest absolute Gasteiger partial charge is 0.488 e. The molecule has 0 N–H and O–H groups in total. The highest BCUT2D eigenvalue weighted by Gasteiger charge is 2.26. The molecule has 1 amide bonds. The number of hydrogen-bond acceptors (Lipinski definition) is 6. The van der Waals surface area contributed by atoms with E-state index in [0.717, 1.165) is 17.7 Å². The fourth-order valence-electron chi connectivity index (χ4n) is 3.74. The van der Waals surface area contributed by atoms with Crippen LogP contribution in [0.2, 0.25) is 0 Å². The maximum Gasteiger partial charge on any atom is 0.258 e. The second-order valence-electron chi connectivity index (χ2n) is 7.69. The first kappa shape index (κ1) is 20.6. The molecule has 4 heterocycles. The van der Waals surface area contributed by atoms with Crippen LogP contribution >= 0.6 is 0 Å². The van der Waals surface area contributed by atoms with Gasteiger partial charge < -0.3 is 14.5 Å². The molecule has 0 spiro atoms. The van der Waals surface area contributed by atoms with Crippen LogP contribution in [0.5, 0.6) is 5.75 Å². The standard InChI is InChI=1S/C23H25N5O3/c1-15(2)22(29)28-8-6-18(12-20(28)24-4)27-9-10-31-19-11-17(13-25-21(19)27)23(30)26-7-5-16(3)14-26/h6,8,11-13H,1,3,5,7,9-10,14H2,2,4H3. The first-order valence-corrected chi connectivity index (χ1v) is 10.1. The second kappa shape index (κ2) is 8.22. The van der Waals surface area contributed by atoms with Gasteiger partial charge >= 0.3 is 0 Å². The number of hydrogen-bond donors (Lipinski definition) is 0. The lowest BCUT2D eigenvalue weighted by Gasteiger charge is -2.30. The Balaban J connectivity index is 1.66. The van der Waals surface area contributed by atoms with Crippen LogP contribution in [0.1, 0.15) is 28.5 Å². The lowest BCUT2D eigenvalue weighted by Crippen LogP contribution is -2.33. The van der Waals surface area contributed by atoms with Crippen LogP contribution in [-0.4, -0.2) is 59.6 Å². The van der Waals surface area contributed by atoms with Crippen LogP contribution < -0.4 is 15.1 Å². The third kappa shape index (κ3) is 3.88. The number of fused-ring (bicyclic) bond motifs is 1. The molecule has 2 aliphatic heterocycles. The lowest BCUT2D eigenvalue weighted by atomic mass is 10.2. The van der Waals surface area contributed by atoms with Gasteiger partial charge in [0, 0.05) is 49.9 Å². The first-order chi connectivity index (χ1) is 14.9. The van der Waals surface area contributed by atoms with Crippen LogP contribution in [0, 0.1) is 0 Å². The van der Waals surface area contributed by atoms with Crippen molar-refractivity contribution >= 4 is 23.3 Å². The van der Waals surface area contributed by atoms with E-state index in [0.29, 0.717) is 54.4 Å². The van der Waals surface area contributed by atoms with Crippen molar-refractivity contribution in [2.45, 2.75) is 13.3 Å². The van der Waals surface area contributed by atoms with Gasteiger partial charge in [-0.3, -0.25) is 19.1 Å². The summed E-state index contributed by atoms with van der Waals surface area (Å²) in [6, 6.07) is 5.41. The van der Waals surface area contributed by atoms with Crippen molar-refractivity contribution in [1.82, 2.24) is 14.5 Å². The van der Waals surface area contributed by atoms with E-state index < -0.39 is 0 Å². The summed E-state index contributed by atoms with van der Waals surface area (Å²) < 4.78 is 7.28. The van der Waals surface area contributed by atoms with Crippen molar-refractivity contribution in [3.8, 4) is 5.75 Å². The molecule has 160 valence electrons.